The number of hydrogen-bond acceptors (Lipinski definition) is 5. The zero-order valence-corrected chi connectivity index (χ0v) is 19.4. The minimum absolute atomic E-state index is 0.0493. The molecule has 6 heteroatoms. The molecule has 3 aromatic rings. The van der Waals surface area contributed by atoms with Crippen molar-refractivity contribution in [2.45, 2.75) is 40.7 Å². The monoisotopic (exact) mass is 457 g/mol. The van der Waals surface area contributed by atoms with E-state index in [0.717, 1.165) is 21.2 Å². The number of hydrogen-bond donors (Lipinski definition) is 1. The van der Waals surface area contributed by atoms with Gasteiger partial charge in [0.2, 0.25) is 0 Å². The molecule has 0 bridgehead atoms. The number of methoxy groups -OCH3 is 1. The molecule has 0 aliphatic carbocycles. The van der Waals surface area contributed by atoms with Gasteiger partial charge in [0.1, 0.15) is 11.6 Å². The number of fused-ring (bicyclic) bond motifs is 1. The van der Waals surface area contributed by atoms with Crippen LogP contribution in [0.25, 0.3) is 10.9 Å². The van der Waals surface area contributed by atoms with Gasteiger partial charge < -0.3 is 14.8 Å². The quantitative estimate of drug-likeness (QED) is 0.469. The second-order valence-corrected chi connectivity index (χ2v) is 9.33. The maximum Gasteiger partial charge on any atom is 0.163 e. The molecular weight excluding hydrogens is 430 g/mol. The van der Waals surface area contributed by atoms with E-state index in [-0.39, 0.29) is 11.5 Å². The van der Waals surface area contributed by atoms with Gasteiger partial charge in [0.15, 0.2) is 11.5 Å². The van der Waals surface area contributed by atoms with Gasteiger partial charge in [-0.1, -0.05) is 48.8 Å². The Balaban J connectivity index is 1.99. The van der Waals surface area contributed by atoms with Gasteiger partial charge in [-0.05, 0) is 43.0 Å². The smallest absolute Gasteiger partial charge is 0.163 e. The summed E-state index contributed by atoms with van der Waals surface area (Å²) in [6.07, 6.45) is 0. The minimum atomic E-state index is 0.0493. The van der Waals surface area contributed by atoms with Crippen LogP contribution in [0.15, 0.2) is 40.9 Å². The van der Waals surface area contributed by atoms with Crippen LogP contribution in [0.5, 0.6) is 11.5 Å². The molecule has 1 aromatic heterocycles. The molecule has 0 saturated carbocycles. The van der Waals surface area contributed by atoms with E-state index >= 15 is 0 Å². The van der Waals surface area contributed by atoms with Crippen molar-refractivity contribution in [3.63, 3.8) is 0 Å². The van der Waals surface area contributed by atoms with Gasteiger partial charge in [0.05, 0.1) is 25.3 Å². The Bertz CT molecular complexity index is 1010. The number of rotatable bonds is 6. The number of aromatic nitrogens is 2. The lowest BCUT2D eigenvalue weighted by molar-refractivity contribution is 0.191. The topological polar surface area (TPSA) is 56.3 Å². The van der Waals surface area contributed by atoms with Crippen LogP contribution >= 0.6 is 15.9 Å². The zero-order chi connectivity index (χ0) is 21.2. The molecule has 0 aliphatic heterocycles. The lowest BCUT2D eigenvalue weighted by Gasteiger charge is -2.21. The van der Waals surface area contributed by atoms with Gasteiger partial charge in [-0.2, -0.15) is 0 Å². The largest absolute Gasteiger partial charge is 0.493 e. The van der Waals surface area contributed by atoms with Gasteiger partial charge >= 0.3 is 0 Å². The Labute approximate surface area is 181 Å². The number of nitrogens with zero attached hydrogens (tertiary/aromatic N) is 2. The molecular formula is C23H28BrN3O2. The van der Waals surface area contributed by atoms with E-state index in [4.69, 9.17) is 9.47 Å². The normalized spacial score (nSPS) is 12.7. The van der Waals surface area contributed by atoms with E-state index < -0.39 is 0 Å². The van der Waals surface area contributed by atoms with Gasteiger partial charge in [-0.15, -0.1) is 0 Å². The van der Waals surface area contributed by atoms with E-state index in [1.807, 2.05) is 31.2 Å². The molecule has 0 radical (unpaired) electrons. The molecule has 1 N–H and O–H groups in total. The Morgan fingerprint density at radius 1 is 1.10 bits per heavy atom. The third-order valence-corrected chi connectivity index (χ3v) is 4.95. The van der Waals surface area contributed by atoms with E-state index in [1.165, 1.54) is 5.56 Å². The minimum Gasteiger partial charge on any atom is -0.493 e. The van der Waals surface area contributed by atoms with Crippen LogP contribution in [0.1, 0.15) is 45.1 Å². The number of aryl methyl sites for hydroxylation is 1. The molecule has 0 unspecified atom stereocenters. The van der Waals surface area contributed by atoms with E-state index in [2.05, 4.69) is 71.0 Å². The SMILES string of the molecule is COc1cc2c(N[C@H](C)c3cccc(Br)c3)nc(C)nc2cc1OCC(C)(C)C. The molecule has 2 aromatic carbocycles. The number of halogens is 1. The first-order valence-corrected chi connectivity index (χ1v) is 10.5. The van der Waals surface area contributed by atoms with Crippen molar-refractivity contribution in [2.24, 2.45) is 5.41 Å². The highest BCUT2D eigenvalue weighted by molar-refractivity contribution is 9.10. The fraction of sp³-hybridized carbons (Fsp3) is 0.391. The third-order valence-electron chi connectivity index (χ3n) is 4.46. The van der Waals surface area contributed by atoms with Gasteiger partial charge in [0.25, 0.3) is 0 Å². The molecule has 1 heterocycles. The van der Waals surface area contributed by atoms with Crippen molar-refractivity contribution in [2.75, 3.05) is 19.0 Å². The van der Waals surface area contributed by atoms with E-state index in [1.54, 1.807) is 7.11 Å². The second kappa shape index (κ2) is 8.57. The molecule has 0 amide bonds. The number of nitrogens with one attached hydrogen (secondary N) is 1. The number of benzene rings is 2. The summed E-state index contributed by atoms with van der Waals surface area (Å²) in [7, 11) is 1.65. The predicted molar refractivity (Wildman–Crippen MR) is 122 cm³/mol. The fourth-order valence-corrected chi connectivity index (χ4v) is 3.41. The highest BCUT2D eigenvalue weighted by Gasteiger charge is 2.17. The van der Waals surface area contributed by atoms with Gasteiger partial charge in [-0.25, -0.2) is 9.97 Å². The van der Waals surface area contributed by atoms with Crippen LogP contribution in [0.3, 0.4) is 0 Å². The van der Waals surface area contributed by atoms with E-state index in [0.29, 0.717) is 23.9 Å². The highest BCUT2D eigenvalue weighted by Crippen LogP contribution is 2.36. The van der Waals surface area contributed by atoms with Crippen molar-refractivity contribution in [1.82, 2.24) is 9.97 Å². The molecule has 0 aliphatic rings. The summed E-state index contributed by atoms with van der Waals surface area (Å²) in [6, 6.07) is 12.2. The maximum atomic E-state index is 6.03. The van der Waals surface area contributed by atoms with Crippen molar-refractivity contribution >= 4 is 32.7 Å². The van der Waals surface area contributed by atoms with Crippen LogP contribution in [-0.2, 0) is 0 Å². The first kappa shape index (κ1) is 21.4. The second-order valence-electron chi connectivity index (χ2n) is 8.41. The number of ether oxygens (including phenoxy) is 2. The summed E-state index contributed by atoms with van der Waals surface area (Å²) in [5.74, 6) is 2.85. The molecule has 1 atom stereocenters. The van der Waals surface area contributed by atoms with Crippen molar-refractivity contribution in [3.8, 4) is 11.5 Å². The third kappa shape index (κ3) is 5.38. The summed E-state index contributed by atoms with van der Waals surface area (Å²) >= 11 is 3.54. The standard InChI is InChI=1S/C23H28BrN3O2/c1-14(16-8-7-9-17(24)10-16)25-22-18-11-20(28-6)21(29-13-23(3,4)5)12-19(18)26-15(2)27-22/h7-12,14H,13H2,1-6H3,(H,25,26,27)/t14-/m1/s1. The fourth-order valence-electron chi connectivity index (χ4n) is 2.99. The Morgan fingerprint density at radius 2 is 1.86 bits per heavy atom. The molecule has 0 saturated heterocycles. The van der Waals surface area contributed by atoms with E-state index in [9.17, 15) is 0 Å². The van der Waals surface area contributed by atoms with Crippen LogP contribution in [-0.4, -0.2) is 23.7 Å². The Hall–Kier alpha value is -2.34. The molecule has 0 fully saturated rings. The zero-order valence-electron chi connectivity index (χ0n) is 17.8. The first-order valence-electron chi connectivity index (χ1n) is 9.67. The summed E-state index contributed by atoms with van der Waals surface area (Å²) in [5.41, 5.74) is 2.04. The average molecular weight is 458 g/mol. The lowest BCUT2D eigenvalue weighted by atomic mass is 9.99. The average Bonchev–Trinajstić information content (AvgIpc) is 2.65. The van der Waals surface area contributed by atoms with Crippen molar-refractivity contribution in [1.29, 1.82) is 0 Å². The summed E-state index contributed by atoms with van der Waals surface area (Å²) in [6.45, 7) is 11.0. The Morgan fingerprint density at radius 3 is 2.52 bits per heavy atom. The number of anilines is 1. The predicted octanol–water partition coefficient (Wildman–Crippen LogP) is 6.31. The van der Waals surface area contributed by atoms with Crippen molar-refractivity contribution < 1.29 is 9.47 Å². The maximum absolute atomic E-state index is 6.03. The summed E-state index contributed by atoms with van der Waals surface area (Å²) < 4.78 is 12.7. The molecule has 29 heavy (non-hydrogen) atoms. The van der Waals surface area contributed by atoms with Gasteiger partial charge in [-0.3, -0.25) is 0 Å². The van der Waals surface area contributed by atoms with Crippen LogP contribution in [0, 0.1) is 12.3 Å². The molecule has 0 spiro atoms. The van der Waals surface area contributed by atoms with Crippen molar-refractivity contribution in [3.05, 3.63) is 52.3 Å². The summed E-state index contributed by atoms with van der Waals surface area (Å²) in [4.78, 5) is 9.27. The lowest BCUT2D eigenvalue weighted by Crippen LogP contribution is -2.17. The van der Waals surface area contributed by atoms with Gasteiger partial charge in [0, 0.05) is 15.9 Å². The highest BCUT2D eigenvalue weighted by atomic mass is 79.9. The van der Waals surface area contributed by atoms with Crippen LogP contribution in [0.4, 0.5) is 5.82 Å². The van der Waals surface area contributed by atoms with Crippen LogP contribution < -0.4 is 14.8 Å². The summed E-state index contributed by atoms with van der Waals surface area (Å²) in [5, 5.41) is 4.43. The molecule has 5 nitrogen and oxygen atoms in total. The molecule has 3 rings (SSSR count). The van der Waals surface area contributed by atoms with Crippen LogP contribution in [0.2, 0.25) is 0 Å². The first-order chi connectivity index (χ1) is 13.7. The Kier molecular flexibility index (Phi) is 6.32. The molecule has 154 valence electrons.